The minimum atomic E-state index is -1.10. The lowest BCUT2D eigenvalue weighted by Gasteiger charge is -2.41. The Morgan fingerprint density at radius 2 is 2.00 bits per heavy atom. The second kappa shape index (κ2) is 6.63. The second-order valence-corrected chi connectivity index (χ2v) is 5.42. The smallest absolute Gasteiger partial charge is 0.183 e. The van der Waals surface area contributed by atoms with Crippen molar-refractivity contribution in [2.75, 3.05) is 20.3 Å². The third kappa shape index (κ3) is 2.97. The Morgan fingerprint density at radius 3 is 2.50 bits per heavy atom. The summed E-state index contributed by atoms with van der Waals surface area (Å²) in [4.78, 5) is 0. The van der Waals surface area contributed by atoms with Gasteiger partial charge in [0.1, 0.15) is 6.10 Å². The molecule has 2 aliphatic heterocycles. The van der Waals surface area contributed by atoms with Crippen LogP contribution in [0.1, 0.15) is 6.42 Å². The van der Waals surface area contributed by atoms with E-state index in [0.717, 1.165) is 0 Å². The lowest BCUT2D eigenvalue weighted by atomic mass is 9.83. The molecule has 8 atom stereocenters. The molecule has 0 radical (unpaired) electrons. The standard InChI is InChI=1S/C12H23NO7/c1-19-12-10(17)6(2-5(4-14)20-12)9(16)8-11(18)7(15)3-13-8/h5-18H,2-4H2,1H3/t5-,6+,7-,8+,9-,10-,11-,12-/m0/s1. The van der Waals surface area contributed by atoms with Gasteiger partial charge in [0, 0.05) is 19.6 Å². The van der Waals surface area contributed by atoms with Crippen LogP contribution >= 0.6 is 0 Å². The molecule has 0 unspecified atom stereocenters. The number of nitrogens with one attached hydrogen (secondary N) is 1. The van der Waals surface area contributed by atoms with Gasteiger partial charge in [-0.1, -0.05) is 0 Å². The molecular weight excluding hydrogens is 270 g/mol. The van der Waals surface area contributed by atoms with Gasteiger partial charge in [-0.15, -0.1) is 0 Å². The summed E-state index contributed by atoms with van der Waals surface area (Å²) in [6, 6.07) is -0.736. The predicted octanol–water partition coefficient (Wildman–Crippen LogP) is -3.23. The van der Waals surface area contributed by atoms with Gasteiger partial charge in [-0.2, -0.15) is 0 Å². The lowest BCUT2D eigenvalue weighted by Crippen LogP contribution is -2.56. The molecular formula is C12H23NO7. The Bertz CT molecular complexity index is 318. The Balaban J connectivity index is 2.08. The van der Waals surface area contributed by atoms with E-state index < -0.39 is 48.8 Å². The third-order valence-corrected chi connectivity index (χ3v) is 4.15. The molecule has 2 rings (SSSR count). The van der Waals surface area contributed by atoms with Gasteiger partial charge < -0.3 is 40.3 Å². The average molecular weight is 293 g/mol. The summed E-state index contributed by atoms with van der Waals surface area (Å²) < 4.78 is 10.3. The highest BCUT2D eigenvalue weighted by atomic mass is 16.7. The van der Waals surface area contributed by atoms with E-state index in [1.165, 1.54) is 7.11 Å². The van der Waals surface area contributed by atoms with Gasteiger partial charge in [0.25, 0.3) is 0 Å². The van der Waals surface area contributed by atoms with Crippen molar-refractivity contribution in [3.63, 3.8) is 0 Å². The van der Waals surface area contributed by atoms with Crippen LogP contribution in [0.25, 0.3) is 0 Å². The lowest BCUT2D eigenvalue weighted by molar-refractivity contribution is -0.263. The molecule has 0 aromatic carbocycles. The molecule has 8 nitrogen and oxygen atoms in total. The predicted molar refractivity (Wildman–Crippen MR) is 66.7 cm³/mol. The molecule has 0 aromatic rings. The quantitative estimate of drug-likeness (QED) is 0.319. The Morgan fingerprint density at radius 1 is 1.30 bits per heavy atom. The number of ether oxygens (including phenoxy) is 2. The minimum Gasteiger partial charge on any atom is -0.394 e. The first kappa shape index (κ1) is 16.1. The zero-order chi connectivity index (χ0) is 14.9. The van der Waals surface area contributed by atoms with Crippen LogP contribution in [0.4, 0.5) is 0 Å². The molecule has 0 saturated carbocycles. The van der Waals surface area contributed by atoms with Crippen molar-refractivity contribution >= 4 is 0 Å². The fourth-order valence-corrected chi connectivity index (χ4v) is 2.95. The molecule has 0 aromatic heterocycles. The first-order chi connectivity index (χ1) is 9.49. The van der Waals surface area contributed by atoms with Crippen LogP contribution in [0, 0.1) is 5.92 Å². The van der Waals surface area contributed by atoms with Crippen molar-refractivity contribution < 1.29 is 35.0 Å². The maximum absolute atomic E-state index is 10.4. The summed E-state index contributed by atoms with van der Waals surface area (Å²) in [5, 5.41) is 51.9. The van der Waals surface area contributed by atoms with Crippen LogP contribution < -0.4 is 5.32 Å². The van der Waals surface area contributed by atoms with Gasteiger partial charge >= 0.3 is 0 Å². The second-order valence-electron chi connectivity index (χ2n) is 5.42. The number of hydrogen-bond acceptors (Lipinski definition) is 8. The van der Waals surface area contributed by atoms with Gasteiger partial charge in [0.2, 0.25) is 0 Å². The number of rotatable bonds is 4. The van der Waals surface area contributed by atoms with Crippen molar-refractivity contribution in [3.05, 3.63) is 0 Å². The fourth-order valence-electron chi connectivity index (χ4n) is 2.95. The first-order valence-electron chi connectivity index (χ1n) is 6.74. The van der Waals surface area contributed by atoms with E-state index in [9.17, 15) is 25.5 Å². The SMILES string of the molecule is CO[C@H]1O[C@H](CO)C[C@H]([C@H](O)[C@H]2NC[C@H](O)[C@@H]2O)[C@@H]1O. The number of hydrogen-bond donors (Lipinski definition) is 6. The summed E-state index contributed by atoms with van der Waals surface area (Å²) in [6.45, 7) is -0.0710. The van der Waals surface area contributed by atoms with Crippen LogP contribution in [0.15, 0.2) is 0 Å². The number of aliphatic hydroxyl groups excluding tert-OH is 5. The molecule has 0 amide bonds. The molecule has 2 heterocycles. The largest absolute Gasteiger partial charge is 0.394 e. The normalized spacial score (nSPS) is 47.4. The van der Waals surface area contributed by atoms with Crippen LogP contribution in [0.3, 0.4) is 0 Å². The van der Waals surface area contributed by atoms with Gasteiger partial charge in [0.15, 0.2) is 6.29 Å². The first-order valence-corrected chi connectivity index (χ1v) is 6.74. The van der Waals surface area contributed by atoms with Crippen molar-refractivity contribution in [2.24, 2.45) is 5.92 Å². The Kier molecular flexibility index (Phi) is 5.32. The topological polar surface area (TPSA) is 132 Å². The molecule has 0 spiro atoms. The number of aliphatic hydroxyl groups is 5. The molecule has 2 saturated heterocycles. The van der Waals surface area contributed by atoms with E-state index in [-0.39, 0.29) is 19.6 Å². The van der Waals surface area contributed by atoms with E-state index in [4.69, 9.17) is 9.47 Å². The van der Waals surface area contributed by atoms with Crippen molar-refractivity contribution in [1.82, 2.24) is 5.32 Å². The van der Waals surface area contributed by atoms with Gasteiger partial charge in [-0.05, 0) is 6.42 Å². The van der Waals surface area contributed by atoms with Crippen LogP contribution in [-0.4, -0.2) is 88.6 Å². The Hall–Kier alpha value is -0.320. The fraction of sp³-hybridized carbons (Fsp3) is 1.00. The maximum atomic E-state index is 10.4. The summed E-state index contributed by atoms with van der Waals surface area (Å²) >= 11 is 0. The van der Waals surface area contributed by atoms with E-state index in [2.05, 4.69) is 5.32 Å². The van der Waals surface area contributed by atoms with Crippen molar-refractivity contribution in [1.29, 1.82) is 0 Å². The monoisotopic (exact) mass is 293 g/mol. The van der Waals surface area contributed by atoms with Gasteiger partial charge in [-0.25, -0.2) is 0 Å². The number of methoxy groups -OCH3 is 1. The molecule has 6 N–H and O–H groups in total. The summed E-state index contributed by atoms with van der Waals surface area (Å²) in [6.07, 6.45) is -5.47. The van der Waals surface area contributed by atoms with Gasteiger partial charge in [-0.3, -0.25) is 0 Å². The highest BCUT2D eigenvalue weighted by molar-refractivity contribution is 4.99. The zero-order valence-electron chi connectivity index (χ0n) is 11.3. The van der Waals surface area contributed by atoms with Crippen molar-refractivity contribution in [2.45, 2.75) is 49.3 Å². The van der Waals surface area contributed by atoms with E-state index in [1.54, 1.807) is 0 Å². The highest BCUT2D eigenvalue weighted by Gasteiger charge is 2.47. The summed E-state index contributed by atoms with van der Waals surface area (Å²) in [5.74, 6) is -0.636. The maximum Gasteiger partial charge on any atom is 0.183 e. The molecule has 118 valence electrons. The summed E-state index contributed by atoms with van der Waals surface area (Å²) in [7, 11) is 1.36. The summed E-state index contributed by atoms with van der Waals surface area (Å²) in [5.41, 5.74) is 0. The molecule has 2 fully saturated rings. The molecule has 0 bridgehead atoms. The zero-order valence-corrected chi connectivity index (χ0v) is 11.3. The molecule has 2 aliphatic rings. The molecule has 8 heteroatoms. The molecule has 20 heavy (non-hydrogen) atoms. The Labute approximate surface area is 116 Å². The van der Waals surface area contributed by atoms with Crippen LogP contribution in [-0.2, 0) is 9.47 Å². The highest BCUT2D eigenvalue weighted by Crippen LogP contribution is 2.31. The van der Waals surface area contributed by atoms with E-state index in [0.29, 0.717) is 0 Å². The number of β-amino-alcohol motifs (C(OH)–C–C–N with tert-alkyl or cyclic N) is 1. The van der Waals surface area contributed by atoms with Crippen LogP contribution in [0.2, 0.25) is 0 Å². The van der Waals surface area contributed by atoms with E-state index in [1.807, 2.05) is 0 Å². The third-order valence-electron chi connectivity index (χ3n) is 4.15. The van der Waals surface area contributed by atoms with Gasteiger partial charge in [0.05, 0.1) is 37.1 Å². The van der Waals surface area contributed by atoms with E-state index >= 15 is 0 Å². The van der Waals surface area contributed by atoms with Crippen molar-refractivity contribution in [3.8, 4) is 0 Å². The minimum absolute atomic E-state index is 0.180. The molecule has 0 aliphatic carbocycles. The van der Waals surface area contributed by atoms with Crippen LogP contribution in [0.5, 0.6) is 0 Å². The average Bonchev–Trinajstić information content (AvgIpc) is 2.78.